The third-order valence-corrected chi connectivity index (χ3v) is 3.92. The van der Waals surface area contributed by atoms with Gasteiger partial charge in [0.2, 0.25) is 0 Å². The van der Waals surface area contributed by atoms with Crippen molar-refractivity contribution in [3.63, 3.8) is 0 Å². The molecule has 1 aromatic heterocycles. The summed E-state index contributed by atoms with van der Waals surface area (Å²) in [6.07, 6.45) is 7.29. The molecule has 0 bridgehead atoms. The second-order valence-corrected chi connectivity index (χ2v) is 5.66. The molecule has 1 aliphatic carbocycles. The number of anilines is 1. The lowest BCUT2D eigenvalue weighted by molar-refractivity contribution is 0.253. The van der Waals surface area contributed by atoms with Crippen LogP contribution in [0.3, 0.4) is 0 Å². The van der Waals surface area contributed by atoms with Gasteiger partial charge in [-0.3, -0.25) is 0 Å². The van der Waals surface area contributed by atoms with Gasteiger partial charge < -0.3 is 5.32 Å². The number of nitrogens with one attached hydrogen (secondary N) is 1. The summed E-state index contributed by atoms with van der Waals surface area (Å²) in [4.78, 5) is 4.42. The van der Waals surface area contributed by atoms with Gasteiger partial charge in [-0.15, -0.1) is 0 Å². The van der Waals surface area contributed by atoms with Crippen LogP contribution in [-0.2, 0) is 0 Å². The molecule has 2 atom stereocenters. The average molecular weight is 232 g/mol. The van der Waals surface area contributed by atoms with E-state index in [1.807, 2.05) is 12.3 Å². The normalized spacial score (nSPS) is 24.9. The molecule has 0 spiro atoms. The van der Waals surface area contributed by atoms with Gasteiger partial charge in [-0.1, -0.05) is 26.7 Å². The summed E-state index contributed by atoms with van der Waals surface area (Å²) in [5.41, 5.74) is 1.28. The molecule has 2 heteroatoms. The summed E-state index contributed by atoms with van der Waals surface area (Å²) in [5.74, 6) is 2.60. The number of pyridine rings is 1. The maximum absolute atomic E-state index is 4.42. The van der Waals surface area contributed by atoms with Crippen LogP contribution >= 0.6 is 0 Å². The van der Waals surface area contributed by atoms with Crippen molar-refractivity contribution in [1.82, 2.24) is 4.98 Å². The molecule has 1 heterocycles. The van der Waals surface area contributed by atoms with Gasteiger partial charge >= 0.3 is 0 Å². The number of rotatable bonds is 3. The van der Waals surface area contributed by atoms with E-state index in [1.54, 1.807) is 0 Å². The zero-order chi connectivity index (χ0) is 12.3. The molecule has 1 aliphatic rings. The van der Waals surface area contributed by atoms with Gasteiger partial charge in [-0.05, 0) is 49.3 Å². The van der Waals surface area contributed by atoms with Crippen molar-refractivity contribution in [2.45, 2.75) is 52.5 Å². The van der Waals surface area contributed by atoms with E-state index in [2.05, 4.69) is 37.1 Å². The molecule has 1 saturated carbocycles. The lowest BCUT2D eigenvalue weighted by Crippen LogP contribution is -2.35. The van der Waals surface area contributed by atoms with E-state index in [4.69, 9.17) is 0 Å². The van der Waals surface area contributed by atoms with Crippen LogP contribution in [0.5, 0.6) is 0 Å². The fraction of sp³-hybridized carbons (Fsp3) is 0.667. The van der Waals surface area contributed by atoms with E-state index in [1.165, 1.54) is 31.2 Å². The van der Waals surface area contributed by atoms with Crippen LogP contribution in [-0.4, -0.2) is 11.0 Å². The summed E-state index contributed by atoms with van der Waals surface area (Å²) in [6.45, 7) is 6.80. The lowest BCUT2D eigenvalue weighted by Gasteiger charge is -2.35. The third-order valence-electron chi connectivity index (χ3n) is 3.92. The van der Waals surface area contributed by atoms with Crippen LogP contribution < -0.4 is 5.32 Å². The molecular formula is C15H24N2. The van der Waals surface area contributed by atoms with Crippen LogP contribution in [0.25, 0.3) is 0 Å². The Labute approximate surface area is 105 Å². The summed E-state index contributed by atoms with van der Waals surface area (Å²) in [5, 5.41) is 3.64. The number of aryl methyl sites for hydroxylation is 1. The Morgan fingerprint density at radius 2 is 2.06 bits per heavy atom. The SMILES string of the molecule is Cc1ccnc(NC2CCCCC2C(C)C)c1. The first-order valence-electron chi connectivity index (χ1n) is 6.86. The van der Waals surface area contributed by atoms with Gasteiger partial charge in [0.15, 0.2) is 0 Å². The van der Waals surface area contributed by atoms with E-state index in [-0.39, 0.29) is 0 Å². The first kappa shape index (κ1) is 12.4. The molecule has 2 nitrogen and oxygen atoms in total. The highest BCUT2D eigenvalue weighted by atomic mass is 15.0. The van der Waals surface area contributed by atoms with Crippen LogP contribution in [0.1, 0.15) is 45.1 Å². The maximum Gasteiger partial charge on any atom is 0.126 e. The van der Waals surface area contributed by atoms with Crippen LogP contribution in [0, 0.1) is 18.8 Å². The van der Waals surface area contributed by atoms with Gasteiger partial charge in [-0.25, -0.2) is 4.98 Å². The maximum atomic E-state index is 4.42. The van der Waals surface area contributed by atoms with Gasteiger partial charge in [0.1, 0.15) is 5.82 Å². The van der Waals surface area contributed by atoms with E-state index < -0.39 is 0 Å². The molecule has 0 amide bonds. The topological polar surface area (TPSA) is 24.9 Å². The van der Waals surface area contributed by atoms with E-state index in [0.29, 0.717) is 6.04 Å². The van der Waals surface area contributed by atoms with E-state index in [9.17, 15) is 0 Å². The Hall–Kier alpha value is -1.05. The monoisotopic (exact) mass is 232 g/mol. The predicted octanol–water partition coefficient (Wildman–Crippen LogP) is 4.02. The molecule has 0 saturated heterocycles. The molecule has 0 radical (unpaired) electrons. The van der Waals surface area contributed by atoms with E-state index >= 15 is 0 Å². The molecule has 1 aromatic rings. The minimum absolute atomic E-state index is 0.609. The molecule has 2 unspecified atom stereocenters. The van der Waals surface area contributed by atoms with Gasteiger partial charge in [0.05, 0.1) is 0 Å². The second kappa shape index (κ2) is 5.52. The number of aromatic nitrogens is 1. The van der Waals surface area contributed by atoms with Gasteiger partial charge in [0.25, 0.3) is 0 Å². The minimum Gasteiger partial charge on any atom is -0.367 e. The summed E-state index contributed by atoms with van der Waals surface area (Å²) in [6, 6.07) is 4.80. The van der Waals surface area contributed by atoms with Crippen molar-refractivity contribution in [2.24, 2.45) is 11.8 Å². The highest BCUT2D eigenvalue weighted by molar-refractivity contribution is 5.38. The molecule has 0 aliphatic heterocycles. The van der Waals surface area contributed by atoms with E-state index in [0.717, 1.165) is 17.7 Å². The number of hydrogen-bond donors (Lipinski definition) is 1. The third kappa shape index (κ3) is 3.21. The van der Waals surface area contributed by atoms with Crippen LogP contribution in [0.2, 0.25) is 0 Å². The highest BCUT2D eigenvalue weighted by Crippen LogP contribution is 2.31. The zero-order valence-corrected chi connectivity index (χ0v) is 11.2. The van der Waals surface area contributed by atoms with Crippen molar-refractivity contribution in [1.29, 1.82) is 0 Å². The Kier molecular flexibility index (Phi) is 4.03. The van der Waals surface area contributed by atoms with Crippen molar-refractivity contribution in [3.8, 4) is 0 Å². The fourth-order valence-electron chi connectivity index (χ4n) is 2.94. The molecule has 1 N–H and O–H groups in total. The predicted molar refractivity (Wildman–Crippen MR) is 73.2 cm³/mol. The summed E-state index contributed by atoms with van der Waals surface area (Å²) < 4.78 is 0. The Morgan fingerprint density at radius 3 is 2.76 bits per heavy atom. The van der Waals surface area contributed by atoms with Crippen LogP contribution in [0.4, 0.5) is 5.82 Å². The van der Waals surface area contributed by atoms with Gasteiger partial charge in [-0.2, -0.15) is 0 Å². The Balaban J connectivity index is 2.05. The smallest absolute Gasteiger partial charge is 0.126 e. The van der Waals surface area contributed by atoms with Crippen molar-refractivity contribution < 1.29 is 0 Å². The van der Waals surface area contributed by atoms with Crippen LogP contribution in [0.15, 0.2) is 18.3 Å². The molecule has 94 valence electrons. The average Bonchev–Trinajstić information content (AvgIpc) is 2.29. The van der Waals surface area contributed by atoms with Crippen molar-refractivity contribution >= 4 is 5.82 Å². The molecule has 17 heavy (non-hydrogen) atoms. The summed E-state index contributed by atoms with van der Waals surface area (Å²) in [7, 11) is 0. The Morgan fingerprint density at radius 1 is 1.29 bits per heavy atom. The standard InChI is InChI=1S/C15H24N2/c1-11(2)13-6-4-5-7-14(13)17-15-10-12(3)8-9-16-15/h8-11,13-14H,4-7H2,1-3H3,(H,16,17). The van der Waals surface area contributed by atoms with Crippen molar-refractivity contribution in [2.75, 3.05) is 5.32 Å². The largest absolute Gasteiger partial charge is 0.367 e. The number of hydrogen-bond acceptors (Lipinski definition) is 2. The first-order valence-corrected chi connectivity index (χ1v) is 6.86. The molecular weight excluding hydrogens is 208 g/mol. The Bertz CT molecular complexity index is 360. The van der Waals surface area contributed by atoms with Gasteiger partial charge in [0, 0.05) is 12.2 Å². The zero-order valence-electron chi connectivity index (χ0n) is 11.2. The molecule has 0 aromatic carbocycles. The molecule has 2 rings (SSSR count). The highest BCUT2D eigenvalue weighted by Gasteiger charge is 2.27. The quantitative estimate of drug-likeness (QED) is 0.851. The lowest BCUT2D eigenvalue weighted by atomic mass is 9.78. The fourth-order valence-corrected chi connectivity index (χ4v) is 2.94. The molecule has 1 fully saturated rings. The summed E-state index contributed by atoms with van der Waals surface area (Å²) >= 11 is 0. The van der Waals surface area contributed by atoms with Crippen molar-refractivity contribution in [3.05, 3.63) is 23.9 Å². The minimum atomic E-state index is 0.609. The number of nitrogens with zero attached hydrogens (tertiary/aromatic N) is 1. The first-order chi connectivity index (χ1) is 8.16. The second-order valence-electron chi connectivity index (χ2n) is 5.66.